The number of benzene rings is 1. The van der Waals surface area contributed by atoms with E-state index in [1.54, 1.807) is 0 Å². The lowest BCUT2D eigenvalue weighted by Crippen LogP contribution is -2.46. The van der Waals surface area contributed by atoms with Crippen molar-refractivity contribution in [3.05, 3.63) is 29.8 Å². The maximum atomic E-state index is 10.2. The number of aliphatic hydroxyl groups is 1. The second-order valence-electron chi connectivity index (χ2n) is 5.52. The van der Waals surface area contributed by atoms with Gasteiger partial charge in [-0.05, 0) is 50.6 Å². The molecule has 18 heavy (non-hydrogen) atoms. The van der Waals surface area contributed by atoms with Crippen molar-refractivity contribution in [1.29, 1.82) is 0 Å². The van der Waals surface area contributed by atoms with Crippen molar-refractivity contribution in [3.63, 3.8) is 0 Å². The van der Waals surface area contributed by atoms with Gasteiger partial charge < -0.3 is 15.3 Å². The Bertz CT molecular complexity index is 378. The van der Waals surface area contributed by atoms with Gasteiger partial charge in [0.1, 0.15) is 0 Å². The van der Waals surface area contributed by atoms with E-state index in [9.17, 15) is 5.11 Å². The first-order chi connectivity index (χ1) is 8.56. The zero-order chi connectivity index (χ0) is 13.2. The maximum Gasteiger partial charge on any atom is 0.0609 e. The molecular weight excluding hydrogens is 224 g/mol. The number of hydrogen-bond donors (Lipinski definition) is 2. The fourth-order valence-electron chi connectivity index (χ4n) is 2.91. The molecule has 1 fully saturated rings. The normalized spacial score (nSPS) is 20.4. The van der Waals surface area contributed by atoms with Gasteiger partial charge >= 0.3 is 0 Å². The standard InChI is InChI=1S/C15H24N2O/c1-12(18)15(8-10-16-11-9-15)13-4-6-14(7-5-13)17(2)3/h4-7,12,16,18H,8-11H2,1-3H3. The van der Waals surface area contributed by atoms with Crippen LogP contribution >= 0.6 is 0 Å². The Morgan fingerprint density at radius 3 is 2.17 bits per heavy atom. The van der Waals surface area contributed by atoms with E-state index in [1.165, 1.54) is 11.3 Å². The predicted octanol–water partition coefficient (Wildman–Crippen LogP) is 1.75. The smallest absolute Gasteiger partial charge is 0.0609 e. The van der Waals surface area contributed by atoms with Crippen LogP contribution in [0.2, 0.25) is 0 Å². The topological polar surface area (TPSA) is 35.5 Å². The molecule has 0 bridgehead atoms. The molecule has 1 aliphatic heterocycles. The molecule has 1 heterocycles. The second-order valence-corrected chi connectivity index (χ2v) is 5.52. The van der Waals surface area contributed by atoms with Gasteiger partial charge in [0.05, 0.1) is 6.10 Å². The monoisotopic (exact) mass is 248 g/mol. The average molecular weight is 248 g/mol. The van der Waals surface area contributed by atoms with Gasteiger partial charge in [0.25, 0.3) is 0 Å². The van der Waals surface area contributed by atoms with Gasteiger partial charge in [-0.15, -0.1) is 0 Å². The molecule has 0 spiro atoms. The summed E-state index contributed by atoms with van der Waals surface area (Å²) in [6.45, 7) is 3.89. The Morgan fingerprint density at radius 2 is 1.72 bits per heavy atom. The van der Waals surface area contributed by atoms with Gasteiger partial charge in [0.2, 0.25) is 0 Å². The second kappa shape index (κ2) is 5.29. The number of hydrogen-bond acceptors (Lipinski definition) is 3. The highest BCUT2D eigenvalue weighted by atomic mass is 16.3. The molecule has 0 aromatic heterocycles. The van der Waals surface area contributed by atoms with E-state index >= 15 is 0 Å². The third kappa shape index (κ3) is 2.38. The van der Waals surface area contributed by atoms with Crippen molar-refractivity contribution in [2.75, 3.05) is 32.1 Å². The van der Waals surface area contributed by atoms with Gasteiger partial charge in [0, 0.05) is 25.2 Å². The quantitative estimate of drug-likeness (QED) is 0.855. The molecule has 1 saturated heterocycles. The molecule has 1 aromatic rings. The Balaban J connectivity index is 2.31. The minimum atomic E-state index is -0.301. The zero-order valence-electron chi connectivity index (χ0n) is 11.6. The predicted molar refractivity (Wildman–Crippen MR) is 76.2 cm³/mol. The van der Waals surface area contributed by atoms with Crippen molar-refractivity contribution < 1.29 is 5.11 Å². The molecule has 2 rings (SSSR count). The molecule has 0 radical (unpaired) electrons. The number of piperidine rings is 1. The summed E-state index contributed by atoms with van der Waals surface area (Å²) in [7, 11) is 4.09. The minimum Gasteiger partial charge on any atom is -0.392 e. The fourth-order valence-corrected chi connectivity index (χ4v) is 2.91. The van der Waals surface area contributed by atoms with E-state index < -0.39 is 0 Å². The van der Waals surface area contributed by atoms with Crippen molar-refractivity contribution in [3.8, 4) is 0 Å². The van der Waals surface area contributed by atoms with Crippen molar-refractivity contribution in [2.45, 2.75) is 31.3 Å². The van der Waals surface area contributed by atoms with Crippen LogP contribution < -0.4 is 10.2 Å². The highest BCUT2D eigenvalue weighted by molar-refractivity contribution is 5.47. The summed E-state index contributed by atoms with van der Waals surface area (Å²) >= 11 is 0. The van der Waals surface area contributed by atoms with Gasteiger partial charge in [-0.25, -0.2) is 0 Å². The first-order valence-electron chi connectivity index (χ1n) is 6.73. The van der Waals surface area contributed by atoms with Crippen molar-refractivity contribution in [2.24, 2.45) is 0 Å². The Labute approximate surface area is 110 Å². The van der Waals surface area contributed by atoms with Crippen LogP contribution in [-0.4, -0.2) is 38.4 Å². The Kier molecular flexibility index (Phi) is 3.93. The van der Waals surface area contributed by atoms with Crippen LogP contribution in [-0.2, 0) is 5.41 Å². The summed E-state index contributed by atoms with van der Waals surface area (Å²) in [5.41, 5.74) is 2.40. The summed E-state index contributed by atoms with van der Waals surface area (Å²) in [5.74, 6) is 0. The Morgan fingerprint density at radius 1 is 1.17 bits per heavy atom. The largest absolute Gasteiger partial charge is 0.392 e. The summed E-state index contributed by atoms with van der Waals surface area (Å²) in [5, 5.41) is 13.6. The number of aliphatic hydroxyl groups excluding tert-OH is 1. The first kappa shape index (κ1) is 13.4. The Hall–Kier alpha value is -1.06. The number of anilines is 1. The molecule has 0 aliphatic carbocycles. The van der Waals surface area contributed by atoms with Crippen LogP contribution in [0.15, 0.2) is 24.3 Å². The minimum absolute atomic E-state index is 0.0733. The highest BCUT2D eigenvalue weighted by Crippen LogP contribution is 2.37. The van der Waals surface area contributed by atoms with Crippen LogP contribution in [0.3, 0.4) is 0 Å². The third-order valence-corrected chi connectivity index (χ3v) is 4.25. The number of nitrogens with zero attached hydrogens (tertiary/aromatic N) is 1. The zero-order valence-corrected chi connectivity index (χ0v) is 11.6. The molecule has 1 aliphatic rings. The summed E-state index contributed by atoms with van der Waals surface area (Å²) in [6.07, 6.45) is 1.71. The van der Waals surface area contributed by atoms with E-state index in [0.29, 0.717) is 0 Å². The lowest BCUT2D eigenvalue weighted by molar-refractivity contribution is 0.0732. The molecule has 0 amide bonds. The van der Waals surface area contributed by atoms with Gasteiger partial charge in [-0.3, -0.25) is 0 Å². The fraction of sp³-hybridized carbons (Fsp3) is 0.600. The van der Waals surface area contributed by atoms with E-state index in [2.05, 4.69) is 34.5 Å². The molecule has 1 unspecified atom stereocenters. The summed E-state index contributed by atoms with van der Waals surface area (Å²) in [6, 6.07) is 8.63. The highest BCUT2D eigenvalue weighted by Gasteiger charge is 2.38. The molecule has 3 nitrogen and oxygen atoms in total. The van der Waals surface area contributed by atoms with Crippen LogP contribution in [0.4, 0.5) is 5.69 Å². The lowest BCUT2D eigenvalue weighted by atomic mass is 9.69. The molecule has 0 saturated carbocycles. The van der Waals surface area contributed by atoms with Crippen molar-refractivity contribution in [1.82, 2.24) is 5.32 Å². The lowest BCUT2D eigenvalue weighted by Gasteiger charge is -2.41. The third-order valence-electron chi connectivity index (χ3n) is 4.25. The van der Waals surface area contributed by atoms with Crippen LogP contribution in [0, 0.1) is 0 Å². The van der Waals surface area contributed by atoms with Gasteiger partial charge in [0.15, 0.2) is 0 Å². The van der Waals surface area contributed by atoms with E-state index in [1.807, 2.05) is 21.0 Å². The van der Waals surface area contributed by atoms with E-state index in [4.69, 9.17) is 0 Å². The van der Waals surface area contributed by atoms with E-state index in [0.717, 1.165) is 25.9 Å². The number of nitrogens with one attached hydrogen (secondary N) is 1. The van der Waals surface area contributed by atoms with Gasteiger partial charge in [-0.2, -0.15) is 0 Å². The molecule has 1 aromatic carbocycles. The number of rotatable bonds is 3. The first-order valence-corrected chi connectivity index (χ1v) is 6.73. The van der Waals surface area contributed by atoms with E-state index in [-0.39, 0.29) is 11.5 Å². The maximum absolute atomic E-state index is 10.2. The molecule has 1 atom stereocenters. The summed E-state index contributed by atoms with van der Waals surface area (Å²) < 4.78 is 0. The SMILES string of the molecule is CC(O)C1(c2ccc(N(C)C)cc2)CCNCC1. The summed E-state index contributed by atoms with van der Waals surface area (Å²) in [4.78, 5) is 2.10. The molecule has 2 N–H and O–H groups in total. The van der Waals surface area contributed by atoms with Gasteiger partial charge in [-0.1, -0.05) is 12.1 Å². The molecule has 3 heteroatoms. The van der Waals surface area contributed by atoms with Crippen LogP contribution in [0.5, 0.6) is 0 Å². The average Bonchev–Trinajstić information content (AvgIpc) is 2.39. The molecular formula is C15H24N2O. The van der Waals surface area contributed by atoms with Crippen LogP contribution in [0.1, 0.15) is 25.3 Å². The van der Waals surface area contributed by atoms with Crippen LogP contribution in [0.25, 0.3) is 0 Å². The molecule has 100 valence electrons. The van der Waals surface area contributed by atoms with Crippen molar-refractivity contribution >= 4 is 5.69 Å².